The van der Waals surface area contributed by atoms with E-state index in [1.54, 1.807) is 0 Å². The number of hydrogen-bond donors (Lipinski definition) is 1. The van der Waals surface area contributed by atoms with E-state index in [1.807, 2.05) is 60.8 Å². The van der Waals surface area contributed by atoms with Crippen LogP contribution in [0.2, 0.25) is 0 Å². The quantitative estimate of drug-likeness (QED) is 0.418. The van der Waals surface area contributed by atoms with Gasteiger partial charge in [-0.3, -0.25) is 5.01 Å². The Balaban J connectivity index is 1.78. The molecular weight excluding hydrogens is 294 g/mol. The standard InChI is InChI=1S/C21H21N3/c22-21-13-7-12-20(14-21)17-24(16-19-10-5-2-6-11-19)23-15-18-8-3-1-4-9-18/h1-15H,16-17,22H2/b23-15+. The van der Waals surface area contributed by atoms with Crippen LogP contribution in [0.15, 0.2) is 90.0 Å². The number of nitrogens with two attached hydrogens (primary N) is 1. The van der Waals surface area contributed by atoms with Crippen LogP contribution < -0.4 is 5.73 Å². The van der Waals surface area contributed by atoms with Crippen molar-refractivity contribution >= 4 is 11.9 Å². The number of nitrogen functional groups attached to an aromatic ring is 1. The summed E-state index contributed by atoms with van der Waals surface area (Å²) in [4.78, 5) is 0. The normalized spacial score (nSPS) is 10.8. The molecular formula is C21H21N3. The molecule has 0 atom stereocenters. The lowest BCUT2D eigenvalue weighted by Gasteiger charge is -2.19. The second-order valence-corrected chi connectivity index (χ2v) is 5.71. The highest BCUT2D eigenvalue weighted by molar-refractivity contribution is 5.79. The van der Waals surface area contributed by atoms with Gasteiger partial charge < -0.3 is 5.73 Å². The van der Waals surface area contributed by atoms with Crippen LogP contribution in [0.4, 0.5) is 5.69 Å². The van der Waals surface area contributed by atoms with Crippen LogP contribution >= 0.6 is 0 Å². The smallest absolute Gasteiger partial charge is 0.0615 e. The van der Waals surface area contributed by atoms with E-state index >= 15 is 0 Å². The van der Waals surface area contributed by atoms with Gasteiger partial charge in [0, 0.05) is 5.69 Å². The van der Waals surface area contributed by atoms with Gasteiger partial charge in [-0.05, 0) is 28.8 Å². The second kappa shape index (κ2) is 7.97. The van der Waals surface area contributed by atoms with Gasteiger partial charge in [-0.15, -0.1) is 0 Å². The van der Waals surface area contributed by atoms with Crippen molar-refractivity contribution in [3.05, 3.63) is 102 Å². The molecule has 3 rings (SSSR count). The van der Waals surface area contributed by atoms with E-state index in [1.165, 1.54) is 5.56 Å². The third-order valence-corrected chi connectivity index (χ3v) is 3.69. The van der Waals surface area contributed by atoms with Crippen LogP contribution in [0.5, 0.6) is 0 Å². The first-order chi connectivity index (χ1) is 11.8. The highest BCUT2D eigenvalue weighted by atomic mass is 15.4. The second-order valence-electron chi connectivity index (χ2n) is 5.71. The molecule has 3 nitrogen and oxygen atoms in total. The SMILES string of the molecule is Nc1cccc(CN(Cc2ccccc2)/N=C/c2ccccc2)c1. The Morgan fingerprint density at radius 2 is 1.38 bits per heavy atom. The Hall–Kier alpha value is -3.07. The molecule has 0 amide bonds. The molecule has 3 aromatic carbocycles. The van der Waals surface area contributed by atoms with Crippen LogP contribution in [-0.4, -0.2) is 11.2 Å². The van der Waals surface area contributed by atoms with Crippen molar-refractivity contribution in [2.24, 2.45) is 5.10 Å². The molecule has 0 saturated carbocycles. The van der Waals surface area contributed by atoms with Gasteiger partial charge in [0.05, 0.1) is 19.3 Å². The van der Waals surface area contributed by atoms with E-state index in [-0.39, 0.29) is 0 Å². The van der Waals surface area contributed by atoms with Crippen LogP contribution in [-0.2, 0) is 13.1 Å². The summed E-state index contributed by atoms with van der Waals surface area (Å²) < 4.78 is 0. The fourth-order valence-electron chi connectivity index (χ4n) is 2.52. The Kier molecular flexibility index (Phi) is 5.25. The fourth-order valence-corrected chi connectivity index (χ4v) is 2.52. The van der Waals surface area contributed by atoms with E-state index in [2.05, 4.69) is 40.4 Å². The van der Waals surface area contributed by atoms with Crippen molar-refractivity contribution in [2.75, 3.05) is 5.73 Å². The average Bonchev–Trinajstić information content (AvgIpc) is 2.61. The summed E-state index contributed by atoms with van der Waals surface area (Å²) in [6, 6.07) is 28.4. The molecule has 0 aromatic heterocycles. The maximum atomic E-state index is 5.89. The number of nitrogens with zero attached hydrogens (tertiary/aromatic N) is 2. The molecule has 0 aliphatic carbocycles. The zero-order valence-electron chi connectivity index (χ0n) is 13.5. The zero-order valence-corrected chi connectivity index (χ0v) is 13.5. The van der Waals surface area contributed by atoms with Crippen LogP contribution in [0.25, 0.3) is 0 Å². The van der Waals surface area contributed by atoms with Crippen LogP contribution in [0.1, 0.15) is 16.7 Å². The zero-order chi connectivity index (χ0) is 16.6. The van der Waals surface area contributed by atoms with Gasteiger partial charge >= 0.3 is 0 Å². The minimum atomic E-state index is 0.712. The first-order valence-corrected chi connectivity index (χ1v) is 8.02. The highest BCUT2D eigenvalue weighted by Crippen LogP contribution is 2.13. The number of benzene rings is 3. The Labute approximate surface area is 143 Å². The summed E-state index contributed by atoms with van der Waals surface area (Å²) in [5.41, 5.74) is 10.1. The summed E-state index contributed by atoms with van der Waals surface area (Å²) in [6.45, 7) is 1.46. The van der Waals surface area contributed by atoms with Gasteiger partial charge in [0.15, 0.2) is 0 Å². The van der Waals surface area contributed by atoms with Gasteiger partial charge in [-0.25, -0.2) is 0 Å². The molecule has 120 valence electrons. The Morgan fingerprint density at radius 3 is 2.08 bits per heavy atom. The minimum absolute atomic E-state index is 0.712. The average molecular weight is 315 g/mol. The van der Waals surface area contributed by atoms with Gasteiger partial charge in [-0.1, -0.05) is 72.8 Å². The molecule has 0 bridgehead atoms. The fraction of sp³-hybridized carbons (Fsp3) is 0.0952. The number of hydrogen-bond acceptors (Lipinski definition) is 3. The van der Waals surface area contributed by atoms with Crippen molar-refractivity contribution in [3.63, 3.8) is 0 Å². The lowest BCUT2D eigenvalue weighted by atomic mass is 10.2. The summed E-state index contributed by atoms with van der Waals surface area (Å²) in [6.07, 6.45) is 1.90. The van der Waals surface area contributed by atoms with Gasteiger partial charge in [0.25, 0.3) is 0 Å². The number of hydrazone groups is 1. The van der Waals surface area contributed by atoms with E-state index in [9.17, 15) is 0 Å². The van der Waals surface area contributed by atoms with Crippen molar-refractivity contribution in [2.45, 2.75) is 13.1 Å². The largest absolute Gasteiger partial charge is 0.399 e. The molecule has 3 aromatic rings. The third kappa shape index (κ3) is 4.71. The predicted molar refractivity (Wildman–Crippen MR) is 101 cm³/mol. The van der Waals surface area contributed by atoms with Crippen LogP contribution in [0, 0.1) is 0 Å². The molecule has 2 N–H and O–H groups in total. The van der Waals surface area contributed by atoms with Gasteiger partial charge in [-0.2, -0.15) is 5.10 Å². The van der Waals surface area contributed by atoms with Gasteiger partial charge in [0.2, 0.25) is 0 Å². The molecule has 0 radical (unpaired) electrons. The summed E-state index contributed by atoms with van der Waals surface area (Å²) in [7, 11) is 0. The van der Waals surface area contributed by atoms with Crippen molar-refractivity contribution in [1.82, 2.24) is 5.01 Å². The maximum absolute atomic E-state index is 5.89. The summed E-state index contributed by atoms with van der Waals surface area (Å²) in [5.74, 6) is 0. The lowest BCUT2D eigenvalue weighted by molar-refractivity contribution is 0.272. The van der Waals surface area contributed by atoms with Crippen molar-refractivity contribution in [1.29, 1.82) is 0 Å². The number of anilines is 1. The molecule has 0 aliphatic rings. The van der Waals surface area contributed by atoms with E-state index < -0.39 is 0 Å². The number of rotatable bonds is 6. The first kappa shape index (κ1) is 15.8. The molecule has 0 saturated heterocycles. The molecule has 24 heavy (non-hydrogen) atoms. The molecule has 0 fully saturated rings. The predicted octanol–water partition coefficient (Wildman–Crippen LogP) is 4.31. The van der Waals surface area contributed by atoms with Crippen LogP contribution in [0.3, 0.4) is 0 Å². The third-order valence-electron chi connectivity index (χ3n) is 3.69. The monoisotopic (exact) mass is 315 g/mol. The highest BCUT2D eigenvalue weighted by Gasteiger charge is 2.04. The van der Waals surface area contributed by atoms with Crippen molar-refractivity contribution in [3.8, 4) is 0 Å². The summed E-state index contributed by atoms with van der Waals surface area (Å²) in [5, 5.41) is 6.73. The van der Waals surface area contributed by atoms with E-state index in [4.69, 9.17) is 5.73 Å². The van der Waals surface area contributed by atoms with E-state index in [0.717, 1.165) is 23.4 Å². The Bertz CT molecular complexity index is 782. The minimum Gasteiger partial charge on any atom is -0.399 e. The lowest BCUT2D eigenvalue weighted by Crippen LogP contribution is -2.17. The summed E-state index contributed by atoms with van der Waals surface area (Å²) >= 11 is 0. The molecule has 0 unspecified atom stereocenters. The first-order valence-electron chi connectivity index (χ1n) is 8.02. The molecule has 0 spiro atoms. The maximum Gasteiger partial charge on any atom is 0.0615 e. The van der Waals surface area contributed by atoms with Gasteiger partial charge in [0.1, 0.15) is 0 Å². The Morgan fingerprint density at radius 1 is 0.750 bits per heavy atom. The van der Waals surface area contributed by atoms with E-state index in [0.29, 0.717) is 6.54 Å². The molecule has 0 heterocycles. The topological polar surface area (TPSA) is 41.6 Å². The molecule has 3 heteroatoms. The van der Waals surface area contributed by atoms with Crippen molar-refractivity contribution < 1.29 is 0 Å². The molecule has 0 aliphatic heterocycles.